The van der Waals surface area contributed by atoms with Gasteiger partial charge in [-0.15, -0.1) is 23.2 Å². The minimum atomic E-state index is -1.68. The molecule has 1 saturated carbocycles. The summed E-state index contributed by atoms with van der Waals surface area (Å²) in [6, 6.07) is 2.86. The van der Waals surface area contributed by atoms with Crippen LogP contribution >= 0.6 is 23.2 Å². The van der Waals surface area contributed by atoms with Crippen molar-refractivity contribution in [3.8, 4) is 0 Å². The maximum absolute atomic E-state index is 13.7. The van der Waals surface area contributed by atoms with Gasteiger partial charge in [0.2, 0.25) is 5.91 Å². The van der Waals surface area contributed by atoms with Crippen molar-refractivity contribution in [2.24, 2.45) is 5.41 Å². The molecule has 2 unspecified atom stereocenters. The van der Waals surface area contributed by atoms with E-state index in [0.717, 1.165) is 12.1 Å². The Labute approximate surface area is 131 Å². The van der Waals surface area contributed by atoms with Gasteiger partial charge in [0.15, 0.2) is 0 Å². The average molecular weight is 338 g/mol. The van der Waals surface area contributed by atoms with Crippen LogP contribution in [0.3, 0.4) is 0 Å². The molecule has 1 fully saturated rings. The van der Waals surface area contributed by atoms with Crippen LogP contribution in [0.2, 0.25) is 0 Å². The summed E-state index contributed by atoms with van der Waals surface area (Å²) < 4.78 is 25.4. The van der Waals surface area contributed by atoms with Crippen LogP contribution in [-0.4, -0.2) is 21.9 Å². The van der Waals surface area contributed by atoms with Crippen molar-refractivity contribution in [1.29, 1.82) is 0 Å². The lowest BCUT2D eigenvalue weighted by atomic mass is 9.95. The molecule has 1 aromatic rings. The molecule has 0 saturated heterocycles. The quantitative estimate of drug-likeness (QED) is 0.830. The summed E-state index contributed by atoms with van der Waals surface area (Å²) in [5.74, 6) is -2.04. The Hall–Kier alpha value is -0.910. The summed E-state index contributed by atoms with van der Waals surface area (Å²) in [7, 11) is 0. The number of hydrogen-bond acceptors (Lipinski definition) is 2. The van der Waals surface area contributed by atoms with Crippen molar-refractivity contribution in [3.05, 3.63) is 35.4 Å². The van der Waals surface area contributed by atoms with E-state index in [-0.39, 0.29) is 12.1 Å². The van der Waals surface area contributed by atoms with E-state index < -0.39 is 32.9 Å². The number of aliphatic hydroxyl groups is 1. The van der Waals surface area contributed by atoms with Crippen LogP contribution in [0.15, 0.2) is 18.2 Å². The van der Waals surface area contributed by atoms with Crippen molar-refractivity contribution < 1.29 is 18.7 Å². The molecule has 0 aliphatic heterocycles. The molecule has 1 aromatic carbocycles. The summed E-state index contributed by atoms with van der Waals surface area (Å²) in [5.41, 5.74) is -2.71. The van der Waals surface area contributed by atoms with E-state index in [2.05, 4.69) is 5.32 Å². The highest BCUT2D eigenvalue weighted by atomic mass is 35.5. The molecular weight excluding hydrogens is 323 g/mol. The summed E-state index contributed by atoms with van der Waals surface area (Å²) in [6.07, 6.45) is 0.308. The molecule has 2 atom stereocenters. The van der Waals surface area contributed by atoms with Gasteiger partial charge in [-0.3, -0.25) is 4.79 Å². The molecule has 2 N–H and O–H groups in total. The van der Waals surface area contributed by atoms with Crippen LogP contribution in [0.4, 0.5) is 8.78 Å². The van der Waals surface area contributed by atoms with Gasteiger partial charge in [-0.05, 0) is 26.3 Å². The van der Waals surface area contributed by atoms with Gasteiger partial charge in [0.1, 0.15) is 21.6 Å². The van der Waals surface area contributed by atoms with Gasteiger partial charge in [-0.2, -0.15) is 0 Å². The second kappa shape index (κ2) is 5.07. The zero-order valence-electron chi connectivity index (χ0n) is 11.5. The summed E-state index contributed by atoms with van der Waals surface area (Å²) >= 11 is 11.8. The minimum Gasteiger partial charge on any atom is -0.383 e. The van der Waals surface area contributed by atoms with Crippen LogP contribution in [0, 0.1) is 17.0 Å². The topological polar surface area (TPSA) is 49.3 Å². The first kappa shape index (κ1) is 16.5. The van der Waals surface area contributed by atoms with E-state index in [1.807, 2.05) is 0 Å². The largest absolute Gasteiger partial charge is 0.383 e. The predicted molar refractivity (Wildman–Crippen MR) is 76.1 cm³/mol. The Bertz CT molecular complexity index is 592. The van der Waals surface area contributed by atoms with E-state index in [9.17, 15) is 18.7 Å². The molecule has 7 heteroatoms. The number of rotatable bonds is 4. The van der Waals surface area contributed by atoms with Crippen LogP contribution in [0.1, 0.15) is 25.8 Å². The first-order valence-corrected chi connectivity index (χ1v) is 7.09. The number of benzene rings is 1. The van der Waals surface area contributed by atoms with Crippen molar-refractivity contribution in [3.63, 3.8) is 0 Å². The van der Waals surface area contributed by atoms with Gasteiger partial charge < -0.3 is 10.4 Å². The third-order valence-electron chi connectivity index (χ3n) is 3.86. The van der Waals surface area contributed by atoms with Crippen LogP contribution in [0.25, 0.3) is 0 Å². The monoisotopic (exact) mass is 337 g/mol. The number of amides is 1. The van der Waals surface area contributed by atoms with E-state index in [1.54, 1.807) is 6.92 Å². The molecular formula is C14H15Cl2F2NO2. The molecule has 2 rings (SSSR count). The SMILES string of the molecule is CC(O)(CNC(=O)C1(C)CC1(Cl)Cl)c1ccc(F)cc1F. The van der Waals surface area contributed by atoms with E-state index in [1.165, 1.54) is 6.92 Å². The zero-order chi connectivity index (χ0) is 16.1. The number of carbonyl (C=O) groups is 1. The molecule has 1 amide bonds. The highest BCUT2D eigenvalue weighted by Gasteiger charge is 2.67. The Morgan fingerprint density at radius 1 is 1.48 bits per heavy atom. The lowest BCUT2D eigenvalue weighted by Crippen LogP contribution is -2.42. The fourth-order valence-electron chi connectivity index (χ4n) is 2.12. The van der Waals surface area contributed by atoms with E-state index in [0.29, 0.717) is 12.5 Å². The molecule has 21 heavy (non-hydrogen) atoms. The van der Waals surface area contributed by atoms with Gasteiger partial charge in [-0.1, -0.05) is 6.07 Å². The van der Waals surface area contributed by atoms with Gasteiger partial charge in [0.05, 0.1) is 12.0 Å². The molecule has 1 aliphatic rings. The third kappa shape index (κ3) is 3.00. The highest BCUT2D eigenvalue weighted by molar-refractivity contribution is 6.53. The molecule has 1 aliphatic carbocycles. The van der Waals surface area contributed by atoms with Crippen LogP contribution in [0.5, 0.6) is 0 Å². The lowest BCUT2D eigenvalue weighted by Gasteiger charge is -2.26. The predicted octanol–water partition coefficient (Wildman–Crippen LogP) is 2.87. The molecule has 0 spiro atoms. The number of nitrogens with one attached hydrogen (secondary N) is 1. The second-order valence-electron chi connectivity index (χ2n) is 5.79. The van der Waals surface area contributed by atoms with Crippen molar-refractivity contribution in [2.75, 3.05) is 6.54 Å². The molecule has 116 valence electrons. The van der Waals surface area contributed by atoms with Gasteiger partial charge >= 0.3 is 0 Å². The number of hydrogen-bond donors (Lipinski definition) is 2. The number of halogens is 4. The number of carbonyl (C=O) groups excluding carboxylic acids is 1. The standard InChI is InChI=1S/C14H15Cl2F2NO2/c1-12(6-14(12,15)16)11(20)19-7-13(2,21)9-4-3-8(17)5-10(9)18/h3-5,21H,6-7H2,1-2H3,(H,19,20). The van der Waals surface area contributed by atoms with Crippen LogP contribution in [-0.2, 0) is 10.4 Å². The third-order valence-corrected chi connectivity index (χ3v) is 4.97. The Morgan fingerprint density at radius 2 is 2.05 bits per heavy atom. The Kier molecular flexibility index (Phi) is 3.98. The molecule has 0 radical (unpaired) electrons. The average Bonchev–Trinajstić information content (AvgIpc) is 2.86. The van der Waals surface area contributed by atoms with Crippen molar-refractivity contribution in [1.82, 2.24) is 5.32 Å². The first-order valence-electron chi connectivity index (χ1n) is 6.34. The lowest BCUT2D eigenvalue weighted by molar-refractivity contribution is -0.127. The van der Waals surface area contributed by atoms with E-state index >= 15 is 0 Å². The normalized spacial score (nSPS) is 26.0. The molecule has 0 bridgehead atoms. The van der Waals surface area contributed by atoms with Gasteiger partial charge in [0, 0.05) is 11.6 Å². The maximum Gasteiger partial charge on any atom is 0.229 e. The van der Waals surface area contributed by atoms with E-state index in [4.69, 9.17) is 23.2 Å². The van der Waals surface area contributed by atoms with Crippen LogP contribution < -0.4 is 5.32 Å². The molecule has 3 nitrogen and oxygen atoms in total. The Balaban J connectivity index is 2.07. The fourth-order valence-corrected chi connectivity index (χ4v) is 2.82. The summed E-state index contributed by atoms with van der Waals surface area (Å²) in [5, 5.41) is 12.8. The molecule has 0 aromatic heterocycles. The first-order chi connectivity index (χ1) is 9.49. The summed E-state index contributed by atoms with van der Waals surface area (Å²) in [4.78, 5) is 12.0. The van der Waals surface area contributed by atoms with Gasteiger partial charge in [-0.25, -0.2) is 8.78 Å². The maximum atomic E-state index is 13.7. The van der Waals surface area contributed by atoms with Crippen molar-refractivity contribution >= 4 is 29.1 Å². The fraction of sp³-hybridized carbons (Fsp3) is 0.500. The zero-order valence-corrected chi connectivity index (χ0v) is 13.0. The minimum absolute atomic E-state index is 0.104. The van der Waals surface area contributed by atoms with Crippen molar-refractivity contribution in [2.45, 2.75) is 30.2 Å². The summed E-state index contributed by atoms with van der Waals surface area (Å²) in [6.45, 7) is 2.69. The smallest absolute Gasteiger partial charge is 0.229 e. The highest BCUT2D eigenvalue weighted by Crippen LogP contribution is 2.63. The molecule has 0 heterocycles. The number of alkyl halides is 2. The Morgan fingerprint density at radius 3 is 2.52 bits per heavy atom. The second-order valence-corrected chi connectivity index (χ2v) is 7.28. The van der Waals surface area contributed by atoms with Gasteiger partial charge in [0.25, 0.3) is 0 Å².